The van der Waals surface area contributed by atoms with Gasteiger partial charge in [-0.1, -0.05) is 0 Å². The Morgan fingerprint density at radius 3 is 0.844 bits per heavy atom. The molecule has 0 saturated carbocycles. The van der Waals surface area contributed by atoms with Gasteiger partial charge < -0.3 is 85.3 Å². The van der Waals surface area contributed by atoms with Gasteiger partial charge in [0.15, 0.2) is 46.0 Å². The average molecular weight is 1250 g/mol. The Kier molecular flexibility index (Phi) is 18.5. The Hall–Kier alpha value is -12.2. The van der Waals surface area contributed by atoms with Gasteiger partial charge in [0.05, 0.1) is 11.1 Å². The molecule has 0 N–H and O–H groups in total. The van der Waals surface area contributed by atoms with Crippen LogP contribution in [0.1, 0.15) is 83.1 Å². The van der Waals surface area contributed by atoms with Crippen LogP contribution in [0.2, 0.25) is 0 Å². The third-order valence-electron chi connectivity index (χ3n) is 10.9. The minimum atomic E-state index is -1.17. The summed E-state index contributed by atoms with van der Waals surface area (Å²) in [7, 11) is 0. The van der Waals surface area contributed by atoms with Crippen LogP contribution in [0.5, 0.6) is 138 Å². The summed E-state index contributed by atoms with van der Waals surface area (Å²) in [6, 6.07) is 10.6. The van der Waals surface area contributed by atoms with Crippen molar-refractivity contribution in [3.63, 3.8) is 0 Å². The Bertz CT molecular complexity index is 4060. The zero-order valence-electron chi connectivity index (χ0n) is 49.0. The fourth-order valence-electron chi connectivity index (χ4n) is 8.38. The van der Waals surface area contributed by atoms with E-state index >= 15 is 0 Å². The predicted molar refractivity (Wildman–Crippen MR) is 294 cm³/mol. The lowest BCUT2D eigenvalue weighted by Gasteiger charge is -2.30. The third kappa shape index (κ3) is 15.0. The van der Waals surface area contributed by atoms with Gasteiger partial charge >= 0.3 is 71.6 Å². The van der Waals surface area contributed by atoms with Crippen LogP contribution in [0.4, 0.5) is 0 Å². The van der Waals surface area contributed by atoms with E-state index in [1.54, 1.807) is 0 Å². The van der Waals surface area contributed by atoms with Gasteiger partial charge in [-0.2, -0.15) is 0 Å². The van der Waals surface area contributed by atoms with Crippen molar-refractivity contribution in [1.29, 1.82) is 0 Å². The van der Waals surface area contributed by atoms with Crippen molar-refractivity contribution in [1.82, 2.24) is 0 Å². The number of hydrogen-bond donors (Lipinski definition) is 0. The van der Waals surface area contributed by atoms with Crippen LogP contribution >= 0.6 is 0 Å². The van der Waals surface area contributed by atoms with Gasteiger partial charge in [0.1, 0.15) is 46.0 Å². The van der Waals surface area contributed by atoms with E-state index in [1.807, 2.05) is 0 Å². The Balaban J connectivity index is 1.47. The highest BCUT2D eigenvalue weighted by atomic mass is 16.6. The molecule has 0 atom stereocenters. The second-order valence-electron chi connectivity index (χ2n) is 18.5. The lowest BCUT2D eigenvalue weighted by Crippen LogP contribution is -2.15. The minimum Gasteiger partial charge on any atom is -0.449 e. The van der Waals surface area contributed by atoms with Crippen molar-refractivity contribution in [2.75, 3.05) is 0 Å². The summed E-state index contributed by atoms with van der Waals surface area (Å²) in [4.78, 5) is 153. The number of benzene rings is 6. The molecule has 0 fully saturated rings. The van der Waals surface area contributed by atoms with Crippen molar-refractivity contribution >= 4 is 71.6 Å². The lowest BCUT2D eigenvalue weighted by molar-refractivity contribution is -0.133. The molecule has 2 heterocycles. The fourth-order valence-corrected chi connectivity index (χ4v) is 8.38. The molecule has 6 aromatic carbocycles. The molecule has 0 spiro atoms. The van der Waals surface area contributed by atoms with Crippen LogP contribution in [-0.2, 0) is 57.5 Å². The largest absolute Gasteiger partial charge is 0.449 e. The number of fused-ring (bicyclic) bond motifs is 4. The molecule has 0 aromatic heterocycles. The average Bonchev–Trinajstić information content (AvgIpc) is 0.733. The van der Waals surface area contributed by atoms with E-state index in [0.717, 1.165) is 144 Å². The third-order valence-corrected chi connectivity index (χ3v) is 10.9. The molecule has 0 radical (unpaired) electrons. The quantitative estimate of drug-likeness (QED) is 0.0604. The first kappa shape index (κ1) is 63.8. The fraction of sp³-hybridized carbons (Fsp3) is 0.200. The standard InChI is InChI=1S/C60H46O30/c1-23(61)73-35-13-36(74-24(2)62)16-39(15-35)85-53-44(80-30(8)68)21-46(82-32(10)70)55-59(53)90-52-48(87-55)20-42(78-28(6)66)49(57(52)84-34(12)72)50-41(77-27(5)65)19-43(79-29(7)67)51-58(50)88-56-47(83-33(11)71)22-45(81-31(9)69)54(60(56)89-51)86-40-17-37(75-25(3)63)14-38(18-40)76-26(4)64/h13-22H,1-12H3. The van der Waals surface area contributed by atoms with Crippen LogP contribution in [-0.4, -0.2) is 71.6 Å². The molecule has 0 saturated heterocycles. The van der Waals surface area contributed by atoms with Gasteiger partial charge in [-0.25, -0.2) is 0 Å². The molecule has 2 aliphatic heterocycles. The molecule has 0 unspecified atom stereocenters. The van der Waals surface area contributed by atoms with Crippen molar-refractivity contribution in [3.8, 4) is 149 Å². The maximum absolute atomic E-state index is 13.6. The molecule has 90 heavy (non-hydrogen) atoms. The second-order valence-corrected chi connectivity index (χ2v) is 18.5. The first-order valence-corrected chi connectivity index (χ1v) is 25.8. The first-order valence-electron chi connectivity index (χ1n) is 25.8. The van der Waals surface area contributed by atoms with Crippen molar-refractivity contribution in [2.24, 2.45) is 0 Å². The zero-order valence-corrected chi connectivity index (χ0v) is 49.0. The van der Waals surface area contributed by atoms with E-state index < -0.39 is 186 Å². The molecule has 2 aliphatic rings. The topological polar surface area (TPSA) is 371 Å². The first-order chi connectivity index (χ1) is 42.4. The van der Waals surface area contributed by atoms with Gasteiger partial charge in [0.2, 0.25) is 46.0 Å². The summed E-state index contributed by atoms with van der Waals surface area (Å²) in [6.45, 7) is 11.9. The highest BCUT2D eigenvalue weighted by molar-refractivity contribution is 5.97. The summed E-state index contributed by atoms with van der Waals surface area (Å²) in [6.07, 6.45) is 0. The van der Waals surface area contributed by atoms with Crippen molar-refractivity contribution < 1.29 is 143 Å². The molecule has 0 aliphatic carbocycles. The predicted octanol–water partition coefficient (Wildman–Crippen LogP) is 9.84. The number of carbonyl (C=O) groups is 12. The Morgan fingerprint density at radius 2 is 0.489 bits per heavy atom. The molecule has 8 rings (SSSR count). The van der Waals surface area contributed by atoms with Crippen LogP contribution in [0.25, 0.3) is 11.1 Å². The molecule has 466 valence electrons. The van der Waals surface area contributed by atoms with Gasteiger partial charge in [-0.3, -0.25) is 57.5 Å². The molecule has 6 aromatic rings. The number of esters is 12. The summed E-state index contributed by atoms with van der Waals surface area (Å²) in [5, 5.41) is 0. The van der Waals surface area contributed by atoms with E-state index in [4.69, 9.17) is 85.3 Å². The number of carbonyl (C=O) groups excluding carboxylic acids is 12. The molecule has 30 heteroatoms. The Morgan fingerprint density at radius 1 is 0.222 bits per heavy atom. The summed E-state index contributed by atoms with van der Waals surface area (Å²) >= 11 is 0. The number of rotatable bonds is 17. The van der Waals surface area contributed by atoms with Gasteiger partial charge in [-0.05, 0) is 0 Å². The van der Waals surface area contributed by atoms with E-state index in [9.17, 15) is 57.5 Å². The van der Waals surface area contributed by atoms with E-state index in [2.05, 4.69) is 0 Å². The lowest BCUT2D eigenvalue weighted by atomic mass is 9.97. The monoisotopic (exact) mass is 1250 g/mol. The van der Waals surface area contributed by atoms with Gasteiger partial charge in [-0.15, -0.1) is 0 Å². The summed E-state index contributed by atoms with van der Waals surface area (Å²) in [5.41, 5.74) is -1.31. The molecule has 0 amide bonds. The van der Waals surface area contributed by atoms with Crippen molar-refractivity contribution in [3.05, 3.63) is 60.7 Å². The van der Waals surface area contributed by atoms with Crippen LogP contribution in [0, 0.1) is 0 Å². The number of ether oxygens (including phenoxy) is 18. The Labute approximate surface area is 505 Å². The smallest absolute Gasteiger partial charge is 0.308 e. The van der Waals surface area contributed by atoms with E-state index in [0.29, 0.717) is 0 Å². The van der Waals surface area contributed by atoms with Gasteiger partial charge in [0.25, 0.3) is 0 Å². The highest BCUT2D eigenvalue weighted by Gasteiger charge is 2.43. The van der Waals surface area contributed by atoms with Crippen molar-refractivity contribution in [2.45, 2.75) is 83.1 Å². The maximum Gasteiger partial charge on any atom is 0.308 e. The minimum absolute atomic E-state index is 0.243. The molecule has 30 nitrogen and oxygen atoms in total. The van der Waals surface area contributed by atoms with Crippen LogP contribution < -0.4 is 85.3 Å². The highest BCUT2D eigenvalue weighted by Crippen LogP contribution is 2.68. The summed E-state index contributed by atoms with van der Waals surface area (Å²) in [5.74, 6) is -25.1. The van der Waals surface area contributed by atoms with E-state index in [-0.39, 0.29) is 34.5 Å². The van der Waals surface area contributed by atoms with Crippen LogP contribution in [0.3, 0.4) is 0 Å². The van der Waals surface area contributed by atoms with E-state index in [1.165, 1.54) is 0 Å². The molecular weight excluding hydrogens is 1200 g/mol. The maximum atomic E-state index is 13.6. The molecule has 0 bridgehead atoms. The molecular formula is C60H46O30. The van der Waals surface area contributed by atoms with Gasteiger partial charge in [0, 0.05) is 144 Å². The second kappa shape index (κ2) is 26.2. The van der Waals surface area contributed by atoms with Crippen LogP contribution in [0.15, 0.2) is 60.7 Å². The number of hydrogen-bond acceptors (Lipinski definition) is 30. The normalized spacial score (nSPS) is 11.1. The SMILES string of the molecule is CC(=O)Oc1cc(OC(C)=O)cc(Oc2c(OC(C)=O)cc(OC(C)=O)c3c2Oc2c(cc(OC(C)=O)c(-c4c(OC(C)=O)cc(OC(C)=O)c5c4Oc4c(OC(C)=O)cc(OC(C)=O)c(Oc6cc(OC(C)=O)cc(OC(C)=O)c6)c4O5)c2OC(C)=O)O3)c1. The zero-order chi connectivity index (χ0) is 65.7. The summed E-state index contributed by atoms with van der Waals surface area (Å²) < 4.78 is 105.